The number of hydrogen-bond acceptors (Lipinski definition) is 2. The Bertz CT molecular complexity index is 1040. The molecule has 8 heteroatoms. The van der Waals surface area contributed by atoms with E-state index in [1.165, 1.54) is 12.1 Å². The summed E-state index contributed by atoms with van der Waals surface area (Å²) in [5.74, 6) is -3.19. The van der Waals surface area contributed by atoms with E-state index in [9.17, 15) is 18.0 Å². The number of carbonyl (C=O) groups excluding carboxylic acids is 1. The number of hydrogen-bond donors (Lipinski definition) is 2. The molecule has 0 fully saturated rings. The van der Waals surface area contributed by atoms with Gasteiger partial charge in [-0.1, -0.05) is 32.4 Å². The summed E-state index contributed by atoms with van der Waals surface area (Å²) < 4.78 is 41.4. The second kappa shape index (κ2) is 6.88. The van der Waals surface area contributed by atoms with E-state index in [0.29, 0.717) is 12.2 Å². The number of rotatable bonds is 3. The van der Waals surface area contributed by atoms with Gasteiger partial charge >= 0.3 is 0 Å². The van der Waals surface area contributed by atoms with Crippen LogP contribution in [0.5, 0.6) is 0 Å². The molecule has 1 amide bonds. The van der Waals surface area contributed by atoms with Crippen LogP contribution in [0.2, 0.25) is 5.02 Å². The summed E-state index contributed by atoms with van der Waals surface area (Å²) in [5.41, 5.74) is -0.179. The number of nitrogens with one attached hydrogen (secondary N) is 2. The summed E-state index contributed by atoms with van der Waals surface area (Å²) in [4.78, 5) is 19.6. The number of imidazole rings is 1. The maximum Gasteiger partial charge on any atom is 0.257 e. The lowest BCUT2D eigenvalue weighted by Gasteiger charge is -2.15. The van der Waals surface area contributed by atoms with Crippen LogP contribution < -0.4 is 5.32 Å². The summed E-state index contributed by atoms with van der Waals surface area (Å²) in [7, 11) is 0. The fourth-order valence-corrected chi connectivity index (χ4v) is 2.87. The van der Waals surface area contributed by atoms with Crippen molar-refractivity contribution < 1.29 is 18.0 Å². The molecule has 142 valence electrons. The Kier molecular flexibility index (Phi) is 4.90. The SMILES string of the molecule is CC(C)(C)Cc1nc2c(F)c(F)cc(C(=O)Nc3ccc(F)c(Cl)c3)c2[nH]1. The van der Waals surface area contributed by atoms with Gasteiger partial charge < -0.3 is 10.3 Å². The molecule has 1 aromatic heterocycles. The molecule has 3 rings (SSSR count). The van der Waals surface area contributed by atoms with Crippen LogP contribution in [-0.2, 0) is 6.42 Å². The van der Waals surface area contributed by atoms with Crippen LogP contribution in [0.25, 0.3) is 11.0 Å². The highest BCUT2D eigenvalue weighted by Gasteiger charge is 2.23. The molecular weight excluding hydrogens is 379 g/mol. The molecule has 0 spiro atoms. The molecule has 27 heavy (non-hydrogen) atoms. The van der Waals surface area contributed by atoms with Crippen LogP contribution in [-0.4, -0.2) is 15.9 Å². The second-order valence-corrected chi connectivity index (χ2v) is 7.85. The van der Waals surface area contributed by atoms with E-state index in [-0.39, 0.29) is 32.7 Å². The highest BCUT2D eigenvalue weighted by atomic mass is 35.5. The number of H-pyrrole nitrogens is 1. The van der Waals surface area contributed by atoms with Gasteiger partial charge in [0.25, 0.3) is 5.91 Å². The largest absolute Gasteiger partial charge is 0.341 e. The zero-order valence-electron chi connectivity index (χ0n) is 14.9. The fraction of sp³-hybridized carbons (Fsp3) is 0.263. The maximum atomic E-state index is 14.2. The quantitative estimate of drug-likeness (QED) is 0.617. The van der Waals surface area contributed by atoms with Gasteiger partial charge in [-0.2, -0.15) is 0 Å². The number of benzene rings is 2. The number of fused-ring (bicyclic) bond motifs is 1. The minimum absolute atomic E-state index is 0.0962. The average molecular weight is 396 g/mol. The van der Waals surface area contributed by atoms with Crippen LogP contribution in [0.4, 0.5) is 18.9 Å². The first-order valence-corrected chi connectivity index (χ1v) is 8.56. The predicted molar refractivity (Wildman–Crippen MR) is 98.5 cm³/mol. The standard InChI is InChI=1S/C19H17ClF3N3O/c1-19(2,3)8-14-25-16-10(7-13(22)15(23)17(16)26-14)18(27)24-9-4-5-12(21)11(20)6-9/h4-7H,8H2,1-3H3,(H,24,27)(H,25,26). The molecular formula is C19H17ClF3N3O. The Morgan fingerprint density at radius 1 is 1.19 bits per heavy atom. The minimum atomic E-state index is -1.18. The van der Waals surface area contributed by atoms with E-state index in [4.69, 9.17) is 11.6 Å². The molecule has 3 aromatic rings. The number of amides is 1. The van der Waals surface area contributed by atoms with Crippen molar-refractivity contribution in [2.45, 2.75) is 27.2 Å². The highest BCUT2D eigenvalue weighted by Crippen LogP contribution is 2.27. The van der Waals surface area contributed by atoms with Gasteiger partial charge in [-0.05, 0) is 29.7 Å². The fourth-order valence-electron chi connectivity index (χ4n) is 2.69. The average Bonchev–Trinajstić information content (AvgIpc) is 2.96. The molecule has 0 radical (unpaired) electrons. The molecule has 0 bridgehead atoms. The molecule has 2 aromatic carbocycles. The summed E-state index contributed by atoms with van der Waals surface area (Å²) in [5, 5.41) is 2.33. The highest BCUT2D eigenvalue weighted by molar-refractivity contribution is 6.31. The van der Waals surface area contributed by atoms with Gasteiger partial charge in [-0.3, -0.25) is 4.79 Å². The Hall–Kier alpha value is -2.54. The Morgan fingerprint density at radius 3 is 2.52 bits per heavy atom. The van der Waals surface area contributed by atoms with Crippen LogP contribution >= 0.6 is 11.6 Å². The van der Waals surface area contributed by atoms with Gasteiger partial charge in [0, 0.05) is 12.1 Å². The van der Waals surface area contributed by atoms with Crippen LogP contribution in [0.1, 0.15) is 37.0 Å². The minimum Gasteiger partial charge on any atom is -0.341 e. The van der Waals surface area contributed by atoms with Gasteiger partial charge in [0.2, 0.25) is 0 Å². The van der Waals surface area contributed by atoms with Gasteiger partial charge in [0.15, 0.2) is 11.6 Å². The van der Waals surface area contributed by atoms with Crippen molar-refractivity contribution in [3.63, 3.8) is 0 Å². The maximum absolute atomic E-state index is 14.2. The summed E-state index contributed by atoms with van der Waals surface area (Å²) >= 11 is 5.70. The van der Waals surface area contributed by atoms with Gasteiger partial charge in [-0.25, -0.2) is 18.2 Å². The Morgan fingerprint density at radius 2 is 1.89 bits per heavy atom. The first-order chi connectivity index (χ1) is 12.5. The summed E-state index contributed by atoms with van der Waals surface area (Å²) in [6.07, 6.45) is 0.484. The predicted octanol–water partition coefficient (Wildman–Crippen LogP) is 5.47. The summed E-state index contributed by atoms with van der Waals surface area (Å²) in [6, 6.07) is 4.44. The lowest BCUT2D eigenvalue weighted by atomic mass is 9.92. The lowest BCUT2D eigenvalue weighted by Crippen LogP contribution is -2.13. The zero-order chi connectivity index (χ0) is 19.9. The second-order valence-electron chi connectivity index (χ2n) is 7.45. The third-order valence-corrected chi connectivity index (χ3v) is 4.12. The Labute approximate surface area is 158 Å². The van der Waals surface area contributed by atoms with Crippen molar-refractivity contribution in [2.75, 3.05) is 5.32 Å². The molecule has 4 nitrogen and oxygen atoms in total. The van der Waals surface area contributed by atoms with Gasteiger partial charge in [-0.15, -0.1) is 0 Å². The van der Waals surface area contributed by atoms with Crippen LogP contribution in [0.15, 0.2) is 24.3 Å². The zero-order valence-corrected chi connectivity index (χ0v) is 15.6. The number of halogens is 4. The number of aromatic amines is 1. The lowest BCUT2D eigenvalue weighted by molar-refractivity contribution is 0.102. The van der Waals surface area contributed by atoms with E-state index in [1.54, 1.807) is 0 Å². The molecule has 0 unspecified atom stereocenters. The van der Waals surface area contributed by atoms with Gasteiger partial charge in [0.1, 0.15) is 17.2 Å². The summed E-state index contributed by atoms with van der Waals surface area (Å²) in [6.45, 7) is 5.93. The topological polar surface area (TPSA) is 57.8 Å². The molecule has 0 aliphatic carbocycles. The normalized spacial score (nSPS) is 11.8. The van der Waals surface area contributed by atoms with E-state index in [0.717, 1.165) is 12.1 Å². The van der Waals surface area contributed by atoms with Gasteiger partial charge in [0.05, 0.1) is 16.1 Å². The molecule has 0 aliphatic heterocycles. The van der Waals surface area contributed by atoms with E-state index in [2.05, 4.69) is 15.3 Å². The molecule has 1 heterocycles. The molecule has 0 saturated heterocycles. The third-order valence-electron chi connectivity index (χ3n) is 3.83. The van der Waals surface area contributed by atoms with Crippen LogP contribution in [0, 0.1) is 22.9 Å². The van der Waals surface area contributed by atoms with Crippen molar-refractivity contribution in [3.05, 3.63) is 58.1 Å². The van der Waals surface area contributed by atoms with E-state index < -0.39 is 23.4 Å². The monoisotopic (exact) mass is 395 g/mol. The van der Waals surface area contributed by atoms with Crippen LogP contribution in [0.3, 0.4) is 0 Å². The molecule has 0 atom stereocenters. The number of anilines is 1. The first-order valence-electron chi connectivity index (χ1n) is 8.18. The molecule has 2 N–H and O–H groups in total. The number of carbonyl (C=O) groups is 1. The van der Waals surface area contributed by atoms with Crippen molar-refractivity contribution in [2.24, 2.45) is 5.41 Å². The van der Waals surface area contributed by atoms with E-state index >= 15 is 0 Å². The molecule has 0 saturated carbocycles. The van der Waals surface area contributed by atoms with Crippen molar-refractivity contribution in [3.8, 4) is 0 Å². The third kappa shape index (κ3) is 4.08. The van der Waals surface area contributed by atoms with E-state index in [1.807, 2.05) is 20.8 Å². The number of nitrogens with zero attached hydrogens (tertiary/aromatic N) is 1. The first kappa shape index (κ1) is 19.2. The van der Waals surface area contributed by atoms with Crippen molar-refractivity contribution in [1.29, 1.82) is 0 Å². The van der Waals surface area contributed by atoms with Crippen molar-refractivity contribution >= 4 is 34.2 Å². The number of aromatic nitrogens is 2. The Balaban J connectivity index is 2.03. The van der Waals surface area contributed by atoms with Crippen molar-refractivity contribution in [1.82, 2.24) is 9.97 Å². The molecule has 0 aliphatic rings. The smallest absolute Gasteiger partial charge is 0.257 e.